The fourth-order valence-electron chi connectivity index (χ4n) is 2.25. The fourth-order valence-corrected chi connectivity index (χ4v) is 3.09. The van der Waals surface area contributed by atoms with Crippen LogP contribution in [-0.4, -0.2) is 29.2 Å². The monoisotopic (exact) mass is 343 g/mol. The van der Waals surface area contributed by atoms with Crippen molar-refractivity contribution in [3.05, 3.63) is 36.0 Å². The van der Waals surface area contributed by atoms with E-state index in [1.807, 2.05) is 24.3 Å². The summed E-state index contributed by atoms with van der Waals surface area (Å²) < 4.78 is 10.6. The van der Waals surface area contributed by atoms with E-state index in [0.717, 1.165) is 16.2 Å². The highest BCUT2D eigenvalue weighted by Gasteiger charge is 2.08. The van der Waals surface area contributed by atoms with E-state index in [-0.39, 0.29) is 5.95 Å². The minimum Gasteiger partial charge on any atom is -0.493 e. The van der Waals surface area contributed by atoms with E-state index in [2.05, 4.69) is 15.0 Å². The summed E-state index contributed by atoms with van der Waals surface area (Å²) in [5.41, 5.74) is 13.0. The number of nitrogens with zero attached hydrogens (tertiary/aromatic N) is 3. The second-order valence-electron chi connectivity index (χ2n) is 4.99. The Labute approximate surface area is 143 Å². The first-order valence-corrected chi connectivity index (χ1v) is 8.11. The summed E-state index contributed by atoms with van der Waals surface area (Å²) in [6, 6.07) is 7.74. The Balaban J connectivity index is 1.80. The number of thioether (sulfide) groups is 1. The van der Waals surface area contributed by atoms with Crippen molar-refractivity contribution in [3.8, 4) is 11.5 Å². The highest BCUT2D eigenvalue weighted by Crippen LogP contribution is 2.33. The van der Waals surface area contributed by atoms with Crippen molar-refractivity contribution in [1.29, 1.82) is 0 Å². The number of nitrogen functional groups attached to an aromatic ring is 2. The molecule has 0 saturated heterocycles. The van der Waals surface area contributed by atoms with Crippen LogP contribution in [0.2, 0.25) is 0 Å². The summed E-state index contributed by atoms with van der Waals surface area (Å²) in [7, 11) is 3.23. The minimum atomic E-state index is 0.125. The molecule has 7 nitrogen and oxygen atoms in total. The SMILES string of the molecule is COc1ccc(SCc2cnc3nc(N)nc(N)c3c2)cc1OC. The predicted molar refractivity (Wildman–Crippen MR) is 95.3 cm³/mol. The molecule has 8 heteroatoms. The van der Waals surface area contributed by atoms with Gasteiger partial charge in [0.25, 0.3) is 0 Å². The molecule has 0 saturated carbocycles. The molecule has 4 N–H and O–H groups in total. The van der Waals surface area contributed by atoms with E-state index in [1.165, 1.54) is 0 Å². The molecule has 1 aromatic carbocycles. The Hall–Kier alpha value is -2.74. The molecule has 2 heterocycles. The largest absolute Gasteiger partial charge is 0.493 e. The molecule has 24 heavy (non-hydrogen) atoms. The number of ether oxygens (including phenoxy) is 2. The lowest BCUT2D eigenvalue weighted by Crippen LogP contribution is -2.02. The van der Waals surface area contributed by atoms with Gasteiger partial charge in [0.15, 0.2) is 17.1 Å². The molecule has 0 spiro atoms. The maximum Gasteiger partial charge on any atom is 0.224 e. The van der Waals surface area contributed by atoms with Gasteiger partial charge in [0.05, 0.1) is 19.6 Å². The highest BCUT2D eigenvalue weighted by atomic mass is 32.2. The third-order valence-corrected chi connectivity index (χ3v) is 4.48. The summed E-state index contributed by atoms with van der Waals surface area (Å²) in [6.45, 7) is 0. The molecular weight excluding hydrogens is 326 g/mol. The zero-order chi connectivity index (χ0) is 17.1. The number of nitrogens with two attached hydrogens (primary N) is 2. The van der Waals surface area contributed by atoms with Crippen LogP contribution in [0.25, 0.3) is 11.0 Å². The fraction of sp³-hybridized carbons (Fsp3) is 0.188. The van der Waals surface area contributed by atoms with E-state index in [1.54, 1.807) is 32.2 Å². The van der Waals surface area contributed by atoms with Gasteiger partial charge in [-0.05, 0) is 29.8 Å². The molecule has 0 aliphatic rings. The number of hydrogen-bond donors (Lipinski definition) is 2. The highest BCUT2D eigenvalue weighted by molar-refractivity contribution is 7.98. The number of benzene rings is 1. The van der Waals surface area contributed by atoms with Crippen LogP contribution in [-0.2, 0) is 5.75 Å². The molecule has 0 atom stereocenters. The quantitative estimate of drug-likeness (QED) is 0.680. The van der Waals surface area contributed by atoms with Crippen LogP contribution < -0.4 is 20.9 Å². The maximum absolute atomic E-state index is 5.89. The zero-order valence-corrected chi connectivity index (χ0v) is 14.1. The van der Waals surface area contributed by atoms with Crippen LogP contribution in [0.4, 0.5) is 11.8 Å². The minimum absolute atomic E-state index is 0.125. The van der Waals surface area contributed by atoms with E-state index >= 15 is 0 Å². The van der Waals surface area contributed by atoms with Crippen molar-refractivity contribution >= 4 is 34.6 Å². The number of fused-ring (bicyclic) bond motifs is 1. The first kappa shape index (κ1) is 16.1. The van der Waals surface area contributed by atoms with Gasteiger partial charge < -0.3 is 20.9 Å². The Morgan fingerprint density at radius 2 is 1.83 bits per heavy atom. The van der Waals surface area contributed by atoms with E-state index in [0.29, 0.717) is 28.4 Å². The van der Waals surface area contributed by atoms with Gasteiger partial charge in [-0.2, -0.15) is 9.97 Å². The summed E-state index contributed by atoms with van der Waals surface area (Å²) in [5, 5.41) is 0.703. The summed E-state index contributed by atoms with van der Waals surface area (Å²) in [6.07, 6.45) is 1.77. The molecule has 0 amide bonds. The molecular formula is C16H17N5O2S. The summed E-state index contributed by atoms with van der Waals surface area (Å²) in [4.78, 5) is 13.4. The Bertz CT molecular complexity index is 888. The first-order valence-electron chi connectivity index (χ1n) is 7.13. The third kappa shape index (κ3) is 3.28. The van der Waals surface area contributed by atoms with Crippen molar-refractivity contribution < 1.29 is 9.47 Å². The van der Waals surface area contributed by atoms with E-state index < -0.39 is 0 Å². The topological polar surface area (TPSA) is 109 Å². The van der Waals surface area contributed by atoms with Gasteiger partial charge in [0.2, 0.25) is 5.95 Å². The summed E-state index contributed by atoms with van der Waals surface area (Å²) >= 11 is 1.66. The van der Waals surface area contributed by atoms with E-state index in [4.69, 9.17) is 20.9 Å². The molecule has 3 aromatic rings. The lowest BCUT2D eigenvalue weighted by atomic mass is 10.2. The number of methoxy groups -OCH3 is 2. The lowest BCUT2D eigenvalue weighted by Gasteiger charge is -2.09. The third-order valence-electron chi connectivity index (χ3n) is 3.42. The number of rotatable bonds is 5. The van der Waals surface area contributed by atoms with Crippen LogP contribution in [0.5, 0.6) is 11.5 Å². The van der Waals surface area contributed by atoms with Crippen molar-refractivity contribution in [1.82, 2.24) is 15.0 Å². The average Bonchev–Trinajstić information content (AvgIpc) is 2.59. The van der Waals surface area contributed by atoms with Crippen molar-refractivity contribution in [2.45, 2.75) is 10.6 Å². The molecule has 0 fully saturated rings. The van der Waals surface area contributed by atoms with E-state index in [9.17, 15) is 0 Å². The van der Waals surface area contributed by atoms with Gasteiger partial charge >= 0.3 is 0 Å². The number of pyridine rings is 1. The second kappa shape index (κ2) is 6.79. The first-order chi connectivity index (χ1) is 11.6. The van der Waals surface area contributed by atoms with Crippen molar-refractivity contribution in [2.75, 3.05) is 25.7 Å². The summed E-state index contributed by atoms with van der Waals surface area (Å²) in [5.74, 6) is 2.59. The average molecular weight is 343 g/mol. The molecule has 3 rings (SSSR count). The van der Waals surface area contributed by atoms with Crippen LogP contribution in [0.15, 0.2) is 35.4 Å². The predicted octanol–water partition coefficient (Wildman–Crippen LogP) is 2.50. The Morgan fingerprint density at radius 1 is 1.04 bits per heavy atom. The second-order valence-corrected chi connectivity index (χ2v) is 6.04. The number of anilines is 2. The molecule has 0 aliphatic heterocycles. The standard InChI is InChI=1S/C16H17N5O2S/c1-22-12-4-3-10(6-13(12)23-2)24-8-9-5-11-14(17)20-16(18)21-15(11)19-7-9/h3-7H,8H2,1-2H3,(H4,17,18,19,20,21). The van der Waals surface area contributed by atoms with Crippen molar-refractivity contribution in [2.24, 2.45) is 0 Å². The van der Waals surface area contributed by atoms with Crippen molar-refractivity contribution in [3.63, 3.8) is 0 Å². The van der Waals surface area contributed by atoms with Gasteiger partial charge in [0.1, 0.15) is 5.82 Å². The van der Waals surface area contributed by atoms with Crippen LogP contribution in [0.3, 0.4) is 0 Å². The van der Waals surface area contributed by atoms with Gasteiger partial charge in [-0.3, -0.25) is 0 Å². The molecule has 2 aromatic heterocycles. The maximum atomic E-state index is 5.89. The van der Waals surface area contributed by atoms with Crippen LogP contribution in [0.1, 0.15) is 5.56 Å². The van der Waals surface area contributed by atoms with Gasteiger partial charge in [-0.1, -0.05) is 0 Å². The molecule has 0 radical (unpaired) electrons. The Morgan fingerprint density at radius 3 is 2.58 bits per heavy atom. The normalized spacial score (nSPS) is 10.8. The van der Waals surface area contributed by atoms with Crippen LogP contribution in [0, 0.1) is 0 Å². The lowest BCUT2D eigenvalue weighted by molar-refractivity contribution is 0.354. The molecule has 0 bridgehead atoms. The smallest absolute Gasteiger partial charge is 0.224 e. The van der Waals surface area contributed by atoms with Crippen LogP contribution >= 0.6 is 11.8 Å². The zero-order valence-electron chi connectivity index (χ0n) is 13.3. The Kier molecular flexibility index (Phi) is 4.57. The molecule has 0 aliphatic carbocycles. The number of aromatic nitrogens is 3. The van der Waals surface area contributed by atoms with Gasteiger partial charge in [0, 0.05) is 16.8 Å². The molecule has 0 unspecified atom stereocenters. The molecule has 124 valence electrons. The van der Waals surface area contributed by atoms with Gasteiger partial charge in [-0.15, -0.1) is 11.8 Å². The van der Waals surface area contributed by atoms with Gasteiger partial charge in [-0.25, -0.2) is 4.98 Å². The number of hydrogen-bond acceptors (Lipinski definition) is 8.